The van der Waals surface area contributed by atoms with Crippen molar-refractivity contribution in [3.05, 3.63) is 156 Å². The van der Waals surface area contributed by atoms with E-state index in [4.69, 9.17) is 0 Å². The standard InChI is InChI=1S/C48H44N2/c1-48(2,3)37-23-21-36(22-24-37)47-41-28-26-38(49-29-11-17-33-13-7-9-19-44(33)49)31-42(41)46(35-15-5-4-6-16-35)40-27-25-39(32-43(40)47)50-30-12-18-34-14-8-10-20-45(34)50/h4-10,13-16,19-28,31-32H,11-12,17-18,29-30H2,1-3H3. The van der Waals surface area contributed by atoms with Crippen molar-refractivity contribution in [1.29, 1.82) is 0 Å². The Morgan fingerprint density at radius 1 is 0.440 bits per heavy atom. The molecule has 2 heteroatoms. The van der Waals surface area contributed by atoms with Crippen LogP contribution in [0.4, 0.5) is 22.7 Å². The third-order valence-corrected chi connectivity index (χ3v) is 11.0. The molecule has 0 aliphatic carbocycles. The van der Waals surface area contributed by atoms with E-state index in [0.717, 1.165) is 38.8 Å². The van der Waals surface area contributed by atoms with Crippen molar-refractivity contribution in [2.75, 3.05) is 22.9 Å². The minimum absolute atomic E-state index is 0.0916. The van der Waals surface area contributed by atoms with Gasteiger partial charge in [-0.2, -0.15) is 0 Å². The molecule has 9 rings (SSSR count). The van der Waals surface area contributed by atoms with Crippen LogP contribution in [0.3, 0.4) is 0 Å². The second kappa shape index (κ2) is 12.2. The van der Waals surface area contributed by atoms with Crippen LogP contribution in [0.2, 0.25) is 0 Å². The van der Waals surface area contributed by atoms with E-state index in [2.05, 4.69) is 170 Å². The summed E-state index contributed by atoms with van der Waals surface area (Å²) in [7, 11) is 0. The zero-order chi connectivity index (χ0) is 33.8. The molecule has 0 saturated carbocycles. The van der Waals surface area contributed by atoms with E-state index < -0.39 is 0 Å². The summed E-state index contributed by atoms with van der Waals surface area (Å²) in [6.45, 7) is 8.94. The first-order chi connectivity index (χ1) is 24.4. The van der Waals surface area contributed by atoms with E-state index in [1.807, 2.05) is 0 Å². The Hall–Kier alpha value is -5.34. The minimum atomic E-state index is 0.0916. The van der Waals surface area contributed by atoms with Gasteiger partial charge in [-0.3, -0.25) is 0 Å². The Bertz CT molecular complexity index is 2360. The molecular weight excluding hydrogens is 605 g/mol. The molecular formula is C48H44N2. The SMILES string of the molecule is CC(C)(C)c1ccc(-c2c3ccc(N4CCCc5ccccc54)cc3c(-c3ccccc3)c3ccc(N4CCCc5ccccc54)cc23)cc1. The van der Waals surface area contributed by atoms with Crippen molar-refractivity contribution in [3.8, 4) is 22.3 Å². The smallest absolute Gasteiger partial charge is 0.0443 e. The topological polar surface area (TPSA) is 6.48 Å². The number of nitrogens with zero attached hydrogens (tertiary/aromatic N) is 2. The first-order valence-electron chi connectivity index (χ1n) is 18.3. The zero-order valence-electron chi connectivity index (χ0n) is 29.4. The predicted molar refractivity (Wildman–Crippen MR) is 215 cm³/mol. The molecule has 0 fully saturated rings. The maximum atomic E-state index is 2.54. The van der Waals surface area contributed by atoms with Crippen molar-refractivity contribution in [3.63, 3.8) is 0 Å². The molecule has 0 bridgehead atoms. The number of hydrogen-bond acceptors (Lipinski definition) is 2. The van der Waals surface area contributed by atoms with Crippen molar-refractivity contribution >= 4 is 44.3 Å². The normalized spacial score (nSPS) is 14.5. The molecule has 0 amide bonds. The van der Waals surface area contributed by atoms with Gasteiger partial charge in [0.05, 0.1) is 0 Å². The Balaban J connectivity index is 1.34. The van der Waals surface area contributed by atoms with Crippen LogP contribution in [0.5, 0.6) is 0 Å². The van der Waals surface area contributed by atoms with Crippen LogP contribution in [0.25, 0.3) is 43.8 Å². The second-order valence-electron chi connectivity index (χ2n) is 15.2. The lowest BCUT2D eigenvalue weighted by atomic mass is 9.83. The van der Waals surface area contributed by atoms with Gasteiger partial charge < -0.3 is 9.80 Å². The van der Waals surface area contributed by atoms with Gasteiger partial charge in [0.1, 0.15) is 0 Å². The first-order valence-corrected chi connectivity index (χ1v) is 18.3. The lowest BCUT2D eigenvalue weighted by Gasteiger charge is -2.32. The molecule has 2 aliphatic rings. The van der Waals surface area contributed by atoms with Gasteiger partial charge in [0.2, 0.25) is 0 Å². The van der Waals surface area contributed by atoms with Gasteiger partial charge in [-0.1, -0.05) is 124 Å². The highest BCUT2D eigenvalue weighted by Gasteiger charge is 2.24. The lowest BCUT2D eigenvalue weighted by Crippen LogP contribution is -2.24. The summed E-state index contributed by atoms with van der Waals surface area (Å²) >= 11 is 0. The van der Waals surface area contributed by atoms with Crippen LogP contribution < -0.4 is 9.80 Å². The highest BCUT2D eigenvalue weighted by atomic mass is 15.1. The van der Waals surface area contributed by atoms with Gasteiger partial charge >= 0.3 is 0 Å². The van der Waals surface area contributed by atoms with Crippen LogP contribution in [0.15, 0.2) is 140 Å². The summed E-state index contributed by atoms with van der Waals surface area (Å²) in [6, 6.07) is 52.8. The lowest BCUT2D eigenvalue weighted by molar-refractivity contribution is 0.590. The van der Waals surface area contributed by atoms with Gasteiger partial charge in [0.25, 0.3) is 0 Å². The van der Waals surface area contributed by atoms with Crippen LogP contribution in [0, 0.1) is 0 Å². The van der Waals surface area contributed by atoms with E-state index in [1.54, 1.807) is 0 Å². The number of rotatable bonds is 4. The first kappa shape index (κ1) is 30.7. The number of aryl methyl sites for hydroxylation is 2. The highest BCUT2D eigenvalue weighted by molar-refractivity contribution is 6.22. The Morgan fingerprint density at radius 3 is 1.40 bits per heavy atom. The summed E-state index contributed by atoms with van der Waals surface area (Å²) in [5, 5.41) is 5.20. The summed E-state index contributed by atoms with van der Waals surface area (Å²) in [5.74, 6) is 0. The van der Waals surface area contributed by atoms with Crippen LogP contribution in [-0.2, 0) is 18.3 Å². The van der Waals surface area contributed by atoms with Crippen LogP contribution in [0.1, 0.15) is 50.3 Å². The fraction of sp³-hybridized carbons (Fsp3) is 0.208. The van der Waals surface area contributed by atoms with E-state index >= 15 is 0 Å². The van der Waals surface area contributed by atoms with Crippen LogP contribution in [-0.4, -0.2) is 13.1 Å². The molecule has 2 heterocycles. The second-order valence-corrected chi connectivity index (χ2v) is 15.2. The van der Waals surface area contributed by atoms with Gasteiger partial charge in [-0.25, -0.2) is 0 Å². The van der Waals surface area contributed by atoms with Gasteiger partial charge in [-0.05, 0) is 128 Å². The molecule has 0 spiro atoms. The fourth-order valence-electron chi connectivity index (χ4n) is 8.51. The molecule has 50 heavy (non-hydrogen) atoms. The number of fused-ring (bicyclic) bond motifs is 4. The van der Waals surface area contributed by atoms with E-state index in [0.29, 0.717) is 0 Å². The molecule has 0 atom stereocenters. The summed E-state index contributed by atoms with van der Waals surface area (Å²) in [6.07, 6.45) is 4.59. The van der Waals surface area contributed by atoms with E-state index in [-0.39, 0.29) is 5.41 Å². The quantitative estimate of drug-likeness (QED) is 0.175. The molecule has 2 aliphatic heterocycles. The minimum Gasteiger partial charge on any atom is -0.341 e. The Labute approximate surface area is 296 Å². The van der Waals surface area contributed by atoms with Gasteiger partial charge in [0.15, 0.2) is 0 Å². The average Bonchev–Trinajstić information content (AvgIpc) is 3.16. The predicted octanol–water partition coefficient (Wildman–Crippen LogP) is 12.8. The molecule has 0 unspecified atom stereocenters. The largest absolute Gasteiger partial charge is 0.341 e. The maximum Gasteiger partial charge on any atom is 0.0443 e. The third kappa shape index (κ3) is 5.26. The summed E-state index contributed by atoms with van der Waals surface area (Å²) < 4.78 is 0. The average molecular weight is 649 g/mol. The third-order valence-electron chi connectivity index (χ3n) is 11.0. The molecule has 7 aromatic rings. The van der Waals surface area contributed by atoms with Crippen molar-refractivity contribution < 1.29 is 0 Å². The number of para-hydroxylation sites is 2. The van der Waals surface area contributed by atoms with Crippen LogP contribution >= 0.6 is 0 Å². The van der Waals surface area contributed by atoms with Gasteiger partial charge in [0, 0.05) is 35.8 Å². The highest BCUT2D eigenvalue weighted by Crippen LogP contribution is 2.47. The molecule has 0 N–H and O–H groups in total. The van der Waals surface area contributed by atoms with Crippen molar-refractivity contribution in [2.24, 2.45) is 0 Å². The number of anilines is 4. The van der Waals surface area contributed by atoms with Crippen molar-refractivity contribution in [1.82, 2.24) is 0 Å². The summed E-state index contributed by atoms with van der Waals surface area (Å²) in [5.41, 5.74) is 14.7. The van der Waals surface area contributed by atoms with E-state index in [9.17, 15) is 0 Å². The Morgan fingerprint density at radius 2 is 0.900 bits per heavy atom. The Kier molecular flexibility index (Phi) is 7.50. The number of hydrogen-bond donors (Lipinski definition) is 0. The van der Waals surface area contributed by atoms with E-state index in [1.165, 1.54) is 83.2 Å². The molecule has 0 aromatic heterocycles. The molecule has 7 aromatic carbocycles. The zero-order valence-corrected chi connectivity index (χ0v) is 29.4. The molecule has 246 valence electrons. The molecule has 0 saturated heterocycles. The fourth-order valence-corrected chi connectivity index (χ4v) is 8.51. The summed E-state index contributed by atoms with van der Waals surface area (Å²) in [4.78, 5) is 5.07. The number of benzene rings is 7. The monoisotopic (exact) mass is 648 g/mol. The van der Waals surface area contributed by atoms with Gasteiger partial charge in [-0.15, -0.1) is 0 Å². The molecule has 2 nitrogen and oxygen atoms in total. The van der Waals surface area contributed by atoms with Crippen molar-refractivity contribution in [2.45, 2.75) is 51.9 Å². The molecule has 0 radical (unpaired) electrons. The maximum absolute atomic E-state index is 2.54.